The number of aromatic nitrogens is 4. The molecule has 0 radical (unpaired) electrons. The van der Waals surface area contributed by atoms with Crippen LogP contribution in [0.4, 0.5) is 0 Å². The van der Waals surface area contributed by atoms with Crippen LogP contribution in [0, 0.1) is 17.8 Å². The topological polar surface area (TPSA) is 73.1 Å². The molecule has 3 saturated carbocycles. The van der Waals surface area contributed by atoms with E-state index < -0.39 is 0 Å². The van der Waals surface area contributed by atoms with Crippen molar-refractivity contribution >= 4 is 17.5 Å². The number of nitrogens with zero attached hydrogens (tertiary/aromatic N) is 5. The van der Waals surface area contributed by atoms with E-state index in [0.29, 0.717) is 53.5 Å². The van der Waals surface area contributed by atoms with Crippen LogP contribution in [0.3, 0.4) is 0 Å². The first-order valence-corrected chi connectivity index (χ1v) is 17.0. The Morgan fingerprint density at radius 3 is 2.14 bits per heavy atom. The Labute approximate surface area is 261 Å². The van der Waals surface area contributed by atoms with Crippen LogP contribution in [0.1, 0.15) is 89.9 Å². The molecule has 1 amide bonds. The third-order valence-electron chi connectivity index (χ3n) is 10.2. The Kier molecular flexibility index (Phi) is 9.97. The highest BCUT2D eigenvalue weighted by molar-refractivity contribution is 6.32. The van der Waals surface area contributed by atoms with Crippen LogP contribution in [0.5, 0.6) is 5.75 Å². The van der Waals surface area contributed by atoms with Gasteiger partial charge in [-0.3, -0.25) is 9.78 Å². The summed E-state index contributed by atoms with van der Waals surface area (Å²) >= 11 is 6.55. The normalized spacial score (nSPS) is 18.8. The quantitative estimate of drug-likeness (QED) is 0.233. The lowest BCUT2D eigenvalue weighted by Crippen LogP contribution is -2.48. The van der Waals surface area contributed by atoms with Crippen molar-refractivity contribution in [2.45, 2.75) is 102 Å². The minimum absolute atomic E-state index is 0.171. The second-order valence-corrected chi connectivity index (χ2v) is 13.3. The van der Waals surface area contributed by atoms with Gasteiger partial charge in [-0.25, -0.2) is 9.67 Å². The Morgan fingerprint density at radius 1 is 0.907 bits per heavy atom. The molecule has 230 valence electrons. The fraction of sp³-hybridized carbons (Fsp3) is 0.600. The van der Waals surface area contributed by atoms with Crippen LogP contribution in [0.2, 0.25) is 5.02 Å². The second kappa shape index (κ2) is 14.2. The largest absolute Gasteiger partial charge is 0.495 e. The van der Waals surface area contributed by atoms with E-state index in [1.165, 1.54) is 77.0 Å². The predicted octanol–water partition coefficient (Wildman–Crippen LogP) is 8.22. The number of carbonyl (C=O) groups excluding carboxylic acids is 1. The molecule has 7 nitrogen and oxygen atoms in total. The summed E-state index contributed by atoms with van der Waals surface area (Å²) in [6.45, 7) is 1.23. The van der Waals surface area contributed by atoms with Gasteiger partial charge in [0.05, 0.1) is 18.7 Å². The van der Waals surface area contributed by atoms with Gasteiger partial charge in [0.1, 0.15) is 5.75 Å². The smallest absolute Gasteiger partial charge is 0.226 e. The molecule has 2 heterocycles. The lowest BCUT2D eigenvalue weighted by Gasteiger charge is -2.41. The predicted molar refractivity (Wildman–Crippen MR) is 171 cm³/mol. The van der Waals surface area contributed by atoms with Gasteiger partial charge < -0.3 is 9.64 Å². The zero-order chi connectivity index (χ0) is 29.6. The number of pyridine rings is 1. The zero-order valence-electron chi connectivity index (χ0n) is 25.6. The zero-order valence-corrected chi connectivity index (χ0v) is 26.4. The first kappa shape index (κ1) is 30.1. The average molecular weight is 604 g/mol. The summed E-state index contributed by atoms with van der Waals surface area (Å²) in [6.07, 6.45) is 20.7. The maximum Gasteiger partial charge on any atom is 0.226 e. The Morgan fingerprint density at radius 2 is 1.53 bits per heavy atom. The third kappa shape index (κ3) is 6.92. The van der Waals surface area contributed by atoms with Gasteiger partial charge in [-0.15, -0.1) is 0 Å². The molecule has 43 heavy (non-hydrogen) atoms. The molecule has 2 aromatic heterocycles. The van der Waals surface area contributed by atoms with Crippen molar-refractivity contribution in [3.8, 4) is 28.5 Å². The van der Waals surface area contributed by atoms with Crippen LogP contribution in [-0.4, -0.2) is 50.3 Å². The van der Waals surface area contributed by atoms with E-state index in [1.807, 2.05) is 35.0 Å². The molecule has 1 aromatic carbocycles. The number of methoxy groups -OCH3 is 1. The van der Waals surface area contributed by atoms with Gasteiger partial charge in [-0.05, 0) is 80.7 Å². The molecule has 6 rings (SSSR count). The van der Waals surface area contributed by atoms with Crippen LogP contribution in [0.15, 0.2) is 42.7 Å². The highest BCUT2D eigenvalue weighted by Crippen LogP contribution is 2.42. The minimum Gasteiger partial charge on any atom is -0.495 e. The summed E-state index contributed by atoms with van der Waals surface area (Å²) < 4.78 is 7.37. The van der Waals surface area contributed by atoms with Crippen LogP contribution < -0.4 is 4.74 Å². The number of ether oxygens (including phenoxy) is 1. The van der Waals surface area contributed by atoms with Gasteiger partial charge in [0.2, 0.25) is 5.91 Å². The van der Waals surface area contributed by atoms with E-state index in [1.54, 1.807) is 19.5 Å². The monoisotopic (exact) mass is 603 g/mol. The molecule has 0 spiro atoms. The Balaban J connectivity index is 1.31. The number of amides is 1. The second-order valence-electron chi connectivity index (χ2n) is 12.9. The van der Waals surface area contributed by atoms with Crippen LogP contribution in [0.25, 0.3) is 22.8 Å². The molecule has 0 aliphatic heterocycles. The number of hydrogen-bond donors (Lipinski definition) is 0. The van der Waals surface area contributed by atoms with E-state index in [0.717, 1.165) is 29.8 Å². The van der Waals surface area contributed by atoms with E-state index in [-0.39, 0.29) is 5.92 Å². The van der Waals surface area contributed by atoms with Crippen LogP contribution >= 0.6 is 11.6 Å². The van der Waals surface area contributed by atoms with Crippen molar-refractivity contribution in [3.63, 3.8) is 0 Å². The van der Waals surface area contributed by atoms with Crippen molar-refractivity contribution in [3.05, 3.63) is 47.7 Å². The molecule has 0 bridgehead atoms. The fourth-order valence-corrected chi connectivity index (χ4v) is 8.26. The molecule has 3 aliphatic carbocycles. The fourth-order valence-electron chi connectivity index (χ4n) is 8.00. The molecular formula is C35H46ClN5O2. The molecule has 8 heteroatoms. The lowest BCUT2D eigenvalue weighted by atomic mass is 9.69. The first-order valence-electron chi connectivity index (χ1n) is 16.6. The minimum atomic E-state index is 0.171. The number of benzene rings is 1. The van der Waals surface area contributed by atoms with E-state index in [9.17, 15) is 4.79 Å². The van der Waals surface area contributed by atoms with Gasteiger partial charge in [-0.2, -0.15) is 5.10 Å². The SMILES string of the molecule is COc1ccc(-c2nc(-c3ccncc3)nn2CCN(C(=O)C(C2CCCCC2)C2CCCCC2)C2CCCC2)cc1Cl. The summed E-state index contributed by atoms with van der Waals surface area (Å²) in [4.78, 5) is 26.2. The molecule has 0 unspecified atom stereocenters. The summed E-state index contributed by atoms with van der Waals surface area (Å²) in [5.41, 5.74) is 1.78. The van der Waals surface area contributed by atoms with Gasteiger partial charge in [0, 0.05) is 42.0 Å². The van der Waals surface area contributed by atoms with Crippen molar-refractivity contribution in [1.29, 1.82) is 0 Å². The molecule has 3 aromatic rings. The molecule has 0 atom stereocenters. The van der Waals surface area contributed by atoms with Crippen molar-refractivity contribution in [2.75, 3.05) is 13.7 Å². The van der Waals surface area contributed by atoms with Gasteiger partial charge in [-0.1, -0.05) is 63.0 Å². The maximum absolute atomic E-state index is 14.8. The average Bonchev–Trinajstić information content (AvgIpc) is 3.74. The summed E-state index contributed by atoms with van der Waals surface area (Å²) in [5, 5.41) is 5.51. The third-order valence-corrected chi connectivity index (χ3v) is 10.5. The standard InChI is InChI=1S/C35H46ClN5O2/c1-43-31-17-16-28(24-30(31)36)34-38-33(27-18-20-37-21-19-27)39-41(34)23-22-40(29-14-8-9-15-29)35(42)32(25-10-4-2-5-11-25)26-12-6-3-7-13-26/h16-21,24-26,29,32H,2-15,22-23H2,1H3. The first-order chi connectivity index (χ1) is 21.1. The van der Waals surface area contributed by atoms with Gasteiger partial charge >= 0.3 is 0 Å². The van der Waals surface area contributed by atoms with Crippen molar-refractivity contribution in [1.82, 2.24) is 24.6 Å². The molecule has 3 fully saturated rings. The van der Waals surface area contributed by atoms with E-state index >= 15 is 0 Å². The number of halogens is 1. The summed E-state index contributed by atoms with van der Waals surface area (Å²) in [7, 11) is 1.62. The Bertz CT molecular complexity index is 1330. The summed E-state index contributed by atoms with van der Waals surface area (Å²) in [6, 6.07) is 9.92. The van der Waals surface area contributed by atoms with Gasteiger partial charge in [0.15, 0.2) is 11.6 Å². The molecule has 0 saturated heterocycles. The van der Waals surface area contributed by atoms with Gasteiger partial charge in [0.25, 0.3) is 0 Å². The van der Waals surface area contributed by atoms with Crippen molar-refractivity contribution < 1.29 is 9.53 Å². The van der Waals surface area contributed by atoms with Crippen LogP contribution in [-0.2, 0) is 11.3 Å². The van der Waals surface area contributed by atoms with E-state index in [2.05, 4.69) is 9.88 Å². The number of carbonyl (C=O) groups is 1. The number of rotatable bonds is 10. The summed E-state index contributed by atoms with van der Waals surface area (Å²) in [5.74, 6) is 3.68. The highest BCUT2D eigenvalue weighted by atomic mass is 35.5. The molecule has 0 N–H and O–H groups in total. The van der Waals surface area contributed by atoms with E-state index in [4.69, 9.17) is 26.4 Å². The lowest BCUT2D eigenvalue weighted by molar-refractivity contribution is -0.143. The van der Waals surface area contributed by atoms with Crippen molar-refractivity contribution in [2.24, 2.45) is 17.8 Å². The highest BCUT2D eigenvalue weighted by Gasteiger charge is 2.40. The maximum atomic E-state index is 14.8. The Hall–Kier alpha value is -2.93. The molecule has 3 aliphatic rings. The molecular weight excluding hydrogens is 558 g/mol. The number of hydrogen-bond acceptors (Lipinski definition) is 5.